The van der Waals surface area contributed by atoms with Gasteiger partial charge >= 0.3 is 11.8 Å². The maximum Gasteiger partial charge on any atom is 0.334 e. The Labute approximate surface area is 44.1 Å². The molecule has 0 aliphatic carbocycles. The van der Waals surface area contributed by atoms with Crippen LogP contribution in [0.4, 0.5) is 0 Å². The van der Waals surface area contributed by atoms with Crippen LogP contribution < -0.4 is 11.2 Å². The third-order valence-electron chi connectivity index (χ3n) is 0.362. The van der Waals surface area contributed by atoms with Gasteiger partial charge in [-0.3, -0.25) is 9.59 Å². The van der Waals surface area contributed by atoms with Gasteiger partial charge in [0.2, 0.25) is 0 Å². The zero-order chi connectivity index (χ0) is 6.57. The van der Waals surface area contributed by atoms with E-state index in [2.05, 4.69) is 10.7 Å². The maximum atomic E-state index is 9.87. The van der Waals surface area contributed by atoms with E-state index in [1.165, 1.54) is 5.48 Å². The summed E-state index contributed by atoms with van der Waals surface area (Å²) in [6, 6.07) is 0. The SMILES string of the molecule is NC(=O)C(=O)NOO. The Morgan fingerprint density at radius 3 is 2.25 bits per heavy atom. The largest absolute Gasteiger partial charge is 0.361 e. The molecule has 6 nitrogen and oxygen atoms in total. The number of nitrogens with two attached hydrogens (primary N) is 1. The summed E-state index contributed by atoms with van der Waals surface area (Å²) in [6.07, 6.45) is 0. The van der Waals surface area contributed by atoms with Crippen molar-refractivity contribution in [1.29, 1.82) is 0 Å². The molecule has 0 radical (unpaired) electrons. The molecular weight excluding hydrogens is 116 g/mol. The number of hydroxylamine groups is 1. The number of nitrogens with one attached hydrogen (secondary N) is 1. The summed E-state index contributed by atoms with van der Waals surface area (Å²) in [5.41, 5.74) is 5.67. The van der Waals surface area contributed by atoms with E-state index >= 15 is 0 Å². The number of rotatable bonds is 1. The fraction of sp³-hybridized carbons (Fsp3) is 0. The van der Waals surface area contributed by atoms with Crippen molar-refractivity contribution in [3.8, 4) is 0 Å². The Balaban J connectivity index is 3.49. The lowest BCUT2D eigenvalue weighted by Gasteiger charge is -1.90. The number of primary amides is 1. The average Bonchev–Trinajstić information content (AvgIpc) is 1.67. The van der Waals surface area contributed by atoms with Crippen LogP contribution in [0.5, 0.6) is 0 Å². The molecule has 0 aromatic rings. The van der Waals surface area contributed by atoms with Crippen LogP contribution in [0.25, 0.3) is 0 Å². The molecule has 0 bridgehead atoms. The Hall–Kier alpha value is -1.14. The molecule has 0 rings (SSSR count). The molecule has 4 N–H and O–H groups in total. The van der Waals surface area contributed by atoms with Crippen molar-refractivity contribution < 1.29 is 19.8 Å². The highest BCUT2D eigenvalue weighted by Crippen LogP contribution is 1.58. The van der Waals surface area contributed by atoms with E-state index in [1.54, 1.807) is 0 Å². The third kappa shape index (κ3) is 2.11. The van der Waals surface area contributed by atoms with Crippen LogP contribution in [0.15, 0.2) is 0 Å². The van der Waals surface area contributed by atoms with Crippen molar-refractivity contribution in [1.82, 2.24) is 5.48 Å². The highest BCUT2D eigenvalue weighted by Gasteiger charge is 2.05. The molecule has 8 heavy (non-hydrogen) atoms. The lowest BCUT2D eigenvalue weighted by atomic mass is 10.6. The molecule has 2 amide bonds. The highest BCUT2D eigenvalue weighted by atomic mass is 17.2. The Kier molecular flexibility index (Phi) is 2.52. The van der Waals surface area contributed by atoms with Gasteiger partial charge in [0.25, 0.3) is 0 Å². The van der Waals surface area contributed by atoms with Gasteiger partial charge < -0.3 is 5.73 Å². The fourth-order valence-electron chi connectivity index (χ4n) is 0.0918. The van der Waals surface area contributed by atoms with Crippen LogP contribution in [0, 0.1) is 0 Å². The minimum Gasteiger partial charge on any atom is -0.361 e. The first-order valence-electron chi connectivity index (χ1n) is 1.58. The van der Waals surface area contributed by atoms with Crippen molar-refractivity contribution >= 4 is 11.8 Å². The van der Waals surface area contributed by atoms with Crippen molar-refractivity contribution in [2.75, 3.05) is 0 Å². The van der Waals surface area contributed by atoms with Gasteiger partial charge in [-0.15, -0.1) is 4.99 Å². The molecule has 0 heterocycles. The zero-order valence-corrected chi connectivity index (χ0v) is 3.75. The second-order valence-corrected chi connectivity index (χ2v) is 0.887. The number of amides is 2. The number of hydrogen-bond donors (Lipinski definition) is 3. The van der Waals surface area contributed by atoms with E-state index in [-0.39, 0.29) is 0 Å². The molecule has 0 unspecified atom stereocenters. The molecular formula is C2H4N2O4. The van der Waals surface area contributed by atoms with E-state index in [9.17, 15) is 9.59 Å². The van der Waals surface area contributed by atoms with Gasteiger partial charge in [0.05, 0.1) is 0 Å². The Bertz CT molecular complexity index is 111. The first kappa shape index (κ1) is 6.86. The second-order valence-electron chi connectivity index (χ2n) is 0.887. The smallest absolute Gasteiger partial charge is 0.334 e. The predicted octanol–water partition coefficient (Wildman–Crippen LogP) is -2.01. The van der Waals surface area contributed by atoms with Crippen LogP contribution in [0.1, 0.15) is 0 Å². The number of carbonyl (C=O) groups is 2. The standard InChI is InChI=1S/C2H4N2O4/c3-1(5)2(6)4-8-7/h7H,(H2,3,5)(H,4,6). The molecule has 0 aromatic heterocycles. The molecule has 0 aromatic carbocycles. The summed E-state index contributed by atoms with van der Waals surface area (Å²) in [5.74, 6) is -2.42. The Morgan fingerprint density at radius 1 is 1.62 bits per heavy atom. The van der Waals surface area contributed by atoms with E-state index in [1.807, 2.05) is 0 Å². The zero-order valence-electron chi connectivity index (χ0n) is 3.75. The molecule has 0 aliphatic heterocycles. The van der Waals surface area contributed by atoms with E-state index < -0.39 is 11.8 Å². The quantitative estimate of drug-likeness (QED) is 0.211. The molecule has 0 aliphatic rings. The average molecular weight is 120 g/mol. The summed E-state index contributed by atoms with van der Waals surface area (Å²) in [7, 11) is 0. The molecule has 6 heteroatoms. The van der Waals surface area contributed by atoms with Gasteiger partial charge in [-0.2, -0.15) is 5.48 Å². The van der Waals surface area contributed by atoms with Crippen LogP contribution in [-0.4, -0.2) is 17.1 Å². The second kappa shape index (κ2) is 2.94. The summed E-state index contributed by atoms with van der Waals surface area (Å²) in [6.45, 7) is 0. The summed E-state index contributed by atoms with van der Waals surface area (Å²) >= 11 is 0. The van der Waals surface area contributed by atoms with Gasteiger partial charge in [0, 0.05) is 0 Å². The Morgan fingerprint density at radius 2 is 2.12 bits per heavy atom. The van der Waals surface area contributed by atoms with E-state index in [0.29, 0.717) is 0 Å². The molecule has 0 saturated carbocycles. The minimum atomic E-state index is -1.22. The van der Waals surface area contributed by atoms with Gasteiger partial charge in [0.1, 0.15) is 0 Å². The van der Waals surface area contributed by atoms with E-state index in [4.69, 9.17) is 5.26 Å². The highest BCUT2D eigenvalue weighted by molar-refractivity contribution is 6.34. The number of carbonyl (C=O) groups excluding carboxylic acids is 2. The van der Waals surface area contributed by atoms with Crippen LogP contribution in [-0.2, 0) is 14.6 Å². The van der Waals surface area contributed by atoms with Gasteiger partial charge in [-0.1, -0.05) is 0 Å². The molecule has 0 saturated heterocycles. The molecule has 0 fully saturated rings. The summed E-state index contributed by atoms with van der Waals surface area (Å²) in [4.78, 5) is 22.6. The normalized spacial score (nSPS) is 8.12. The monoisotopic (exact) mass is 120 g/mol. The van der Waals surface area contributed by atoms with Crippen molar-refractivity contribution in [3.63, 3.8) is 0 Å². The lowest BCUT2D eigenvalue weighted by Crippen LogP contribution is -2.35. The molecule has 0 atom stereocenters. The predicted molar refractivity (Wildman–Crippen MR) is 21.1 cm³/mol. The molecule has 46 valence electrons. The van der Waals surface area contributed by atoms with Gasteiger partial charge in [-0.25, -0.2) is 5.26 Å². The number of hydrogen-bond acceptors (Lipinski definition) is 4. The minimum absolute atomic E-state index is 1.20. The van der Waals surface area contributed by atoms with Crippen LogP contribution >= 0.6 is 0 Å². The first-order chi connectivity index (χ1) is 3.68. The maximum absolute atomic E-state index is 9.87. The topological polar surface area (TPSA) is 102 Å². The third-order valence-corrected chi connectivity index (χ3v) is 0.362. The van der Waals surface area contributed by atoms with Crippen molar-refractivity contribution in [2.45, 2.75) is 0 Å². The summed E-state index contributed by atoms with van der Waals surface area (Å²) in [5, 5.41) is 7.45. The van der Waals surface area contributed by atoms with Crippen molar-refractivity contribution in [3.05, 3.63) is 0 Å². The summed E-state index contributed by atoms with van der Waals surface area (Å²) < 4.78 is 0. The van der Waals surface area contributed by atoms with Crippen LogP contribution in [0.3, 0.4) is 0 Å². The fourth-order valence-corrected chi connectivity index (χ4v) is 0.0918. The molecule has 0 spiro atoms. The first-order valence-corrected chi connectivity index (χ1v) is 1.58. The van der Waals surface area contributed by atoms with Gasteiger partial charge in [-0.05, 0) is 0 Å². The van der Waals surface area contributed by atoms with Crippen molar-refractivity contribution in [2.24, 2.45) is 5.73 Å². The van der Waals surface area contributed by atoms with E-state index in [0.717, 1.165) is 0 Å². The lowest BCUT2D eigenvalue weighted by molar-refractivity contribution is -0.283. The van der Waals surface area contributed by atoms with Gasteiger partial charge in [0.15, 0.2) is 0 Å². The van der Waals surface area contributed by atoms with Crippen LogP contribution in [0.2, 0.25) is 0 Å².